The van der Waals surface area contributed by atoms with Crippen molar-refractivity contribution >= 4 is 5.78 Å². The maximum absolute atomic E-state index is 11.4. The predicted octanol–water partition coefficient (Wildman–Crippen LogP) is 2.17. The van der Waals surface area contributed by atoms with Crippen LogP contribution in [0.3, 0.4) is 0 Å². The zero-order valence-corrected chi connectivity index (χ0v) is 10.2. The van der Waals surface area contributed by atoms with Gasteiger partial charge in [0.05, 0.1) is 7.11 Å². The zero-order chi connectivity index (χ0) is 12.3. The zero-order valence-electron chi connectivity index (χ0n) is 10.2. The maximum Gasteiger partial charge on any atom is 0.188 e. The van der Waals surface area contributed by atoms with Gasteiger partial charge in [0.15, 0.2) is 5.78 Å². The van der Waals surface area contributed by atoms with E-state index in [4.69, 9.17) is 9.84 Å². The van der Waals surface area contributed by atoms with Gasteiger partial charge in [0.25, 0.3) is 0 Å². The summed E-state index contributed by atoms with van der Waals surface area (Å²) in [6.07, 6.45) is 0. The van der Waals surface area contributed by atoms with Crippen molar-refractivity contribution < 1.29 is 14.6 Å². The van der Waals surface area contributed by atoms with Gasteiger partial charge in [-0.05, 0) is 23.6 Å². The van der Waals surface area contributed by atoms with Crippen LogP contribution in [0.4, 0.5) is 0 Å². The fourth-order valence-electron chi connectivity index (χ4n) is 1.56. The van der Waals surface area contributed by atoms with E-state index >= 15 is 0 Å². The second-order valence-electron chi connectivity index (χ2n) is 4.75. The summed E-state index contributed by atoms with van der Waals surface area (Å²) in [5, 5.41) is 8.83. The Morgan fingerprint density at radius 2 is 2.00 bits per heavy atom. The molecule has 1 rings (SSSR count). The largest absolute Gasteiger partial charge is 0.496 e. The molecular weight excluding hydrogens is 204 g/mol. The second-order valence-corrected chi connectivity index (χ2v) is 4.75. The van der Waals surface area contributed by atoms with Gasteiger partial charge in [-0.1, -0.05) is 20.8 Å². The molecule has 0 aliphatic heterocycles. The molecule has 0 radical (unpaired) electrons. The topological polar surface area (TPSA) is 46.5 Å². The number of aliphatic hydroxyl groups is 1. The van der Waals surface area contributed by atoms with E-state index in [1.807, 2.05) is 0 Å². The number of ketones is 1. The van der Waals surface area contributed by atoms with Gasteiger partial charge < -0.3 is 9.84 Å². The molecule has 0 aromatic heterocycles. The van der Waals surface area contributed by atoms with Crippen LogP contribution < -0.4 is 4.74 Å². The Balaban J connectivity index is 3.27. The Bertz CT molecular complexity index is 389. The number of carbonyl (C=O) groups excluding carboxylic acids is 1. The van der Waals surface area contributed by atoms with Crippen LogP contribution in [-0.2, 0) is 5.41 Å². The highest BCUT2D eigenvalue weighted by molar-refractivity contribution is 5.97. The number of methoxy groups -OCH3 is 1. The van der Waals surface area contributed by atoms with Crippen LogP contribution in [0.1, 0.15) is 36.7 Å². The van der Waals surface area contributed by atoms with E-state index in [0.29, 0.717) is 5.56 Å². The van der Waals surface area contributed by atoms with Gasteiger partial charge in [-0.15, -0.1) is 0 Å². The van der Waals surface area contributed by atoms with E-state index < -0.39 is 6.61 Å². The van der Waals surface area contributed by atoms with Crippen LogP contribution in [0.25, 0.3) is 0 Å². The van der Waals surface area contributed by atoms with Crippen molar-refractivity contribution in [3.8, 4) is 5.75 Å². The van der Waals surface area contributed by atoms with E-state index in [2.05, 4.69) is 20.8 Å². The number of ether oxygens (including phenoxy) is 1. The molecule has 0 spiro atoms. The van der Waals surface area contributed by atoms with E-state index in [1.165, 1.54) is 0 Å². The molecule has 0 unspecified atom stereocenters. The first-order valence-corrected chi connectivity index (χ1v) is 5.22. The lowest BCUT2D eigenvalue weighted by molar-refractivity contribution is 0.0903. The van der Waals surface area contributed by atoms with Gasteiger partial charge in [-0.25, -0.2) is 0 Å². The standard InChI is InChI=1S/C13H18O3/c1-13(2,3)10-7-9(11(15)8-14)5-6-12(10)16-4/h5-7,14H,8H2,1-4H3. The second kappa shape index (κ2) is 4.66. The number of rotatable bonds is 3. The van der Waals surface area contributed by atoms with Crippen molar-refractivity contribution in [2.75, 3.05) is 13.7 Å². The van der Waals surface area contributed by atoms with Crippen LogP contribution in [0, 0.1) is 0 Å². The Hall–Kier alpha value is -1.35. The van der Waals surface area contributed by atoms with E-state index in [9.17, 15) is 4.79 Å². The molecule has 0 aliphatic rings. The normalized spacial score (nSPS) is 11.3. The molecule has 3 nitrogen and oxygen atoms in total. The summed E-state index contributed by atoms with van der Waals surface area (Å²) in [5.41, 5.74) is 1.39. The molecule has 0 heterocycles. The molecule has 1 aromatic carbocycles. The number of carbonyl (C=O) groups is 1. The summed E-state index contributed by atoms with van der Waals surface area (Å²) in [4.78, 5) is 11.4. The molecule has 0 fully saturated rings. The lowest BCUT2D eigenvalue weighted by Crippen LogP contribution is -2.15. The molecule has 0 aliphatic carbocycles. The average Bonchev–Trinajstić information content (AvgIpc) is 2.26. The summed E-state index contributed by atoms with van der Waals surface area (Å²) in [5.74, 6) is 0.496. The Labute approximate surface area is 96.1 Å². The Morgan fingerprint density at radius 1 is 1.38 bits per heavy atom. The van der Waals surface area contributed by atoms with Gasteiger partial charge in [0.1, 0.15) is 12.4 Å². The molecule has 88 valence electrons. The van der Waals surface area contributed by atoms with Gasteiger partial charge >= 0.3 is 0 Å². The van der Waals surface area contributed by atoms with Gasteiger partial charge in [0, 0.05) is 11.1 Å². The highest BCUT2D eigenvalue weighted by atomic mass is 16.5. The van der Waals surface area contributed by atoms with E-state index in [-0.39, 0.29) is 11.2 Å². The molecule has 3 heteroatoms. The SMILES string of the molecule is COc1ccc(C(=O)CO)cc1C(C)(C)C. The number of Topliss-reactive ketones (excluding diaryl/α,β-unsaturated/α-hetero) is 1. The minimum atomic E-state index is -0.462. The summed E-state index contributed by atoms with van der Waals surface area (Å²) in [6, 6.07) is 5.23. The molecule has 16 heavy (non-hydrogen) atoms. The third-order valence-corrected chi connectivity index (χ3v) is 2.47. The molecule has 0 saturated carbocycles. The molecule has 0 bridgehead atoms. The van der Waals surface area contributed by atoms with Crippen molar-refractivity contribution in [3.63, 3.8) is 0 Å². The molecule has 0 atom stereocenters. The van der Waals surface area contributed by atoms with Crippen LogP contribution >= 0.6 is 0 Å². The summed E-state index contributed by atoms with van der Waals surface area (Å²) in [6.45, 7) is 5.70. The predicted molar refractivity (Wildman–Crippen MR) is 63.1 cm³/mol. The van der Waals surface area contributed by atoms with E-state index in [1.54, 1.807) is 25.3 Å². The number of hydrogen-bond donors (Lipinski definition) is 1. The number of aliphatic hydroxyl groups excluding tert-OH is 1. The first kappa shape index (κ1) is 12.7. The summed E-state index contributed by atoms with van der Waals surface area (Å²) in [7, 11) is 1.61. The quantitative estimate of drug-likeness (QED) is 0.797. The van der Waals surface area contributed by atoms with Crippen molar-refractivity contribution in [1.82, 2.24) is 0 Å². The van der Waals surface area contributed by atoms with Gasteiger partial charge in [-0.3, -0.25) is 4.79 Å². The number of benzene rings is 1. The Kier molecular flexibility index (Phi) is 3.70. The van der Waals surface area contributed by atoms with Crippen molar-refractivity contribution in [2.24, 2.45) is 0 Å². The monoisotopic (exact) mass is 222 g/mol. The maximum atomic E-state index is 11.4. The lowest BCUT2D eigenvalue weighted by atomic mass is 9.85. The minimum Gasteiger partial charge on any atom is -0.496 e. The molecule has 1 aromatic rings. The third kappa shape index (κ3) is 2.61. The van der Waals surface area contributed by atoms with Crippen LogP contribution in [0.5, 0.6) is 5.75 Å². The highest BCUT2D eigenvalue weighted by Gasteiger charge is 2.20. The minimum absolute atomic E-state index is 0.100. The average molecular weight is 222 g/mol. The highest BCUT2D eigenvalue weighted by Crippen LogP contribution is 2.31. The Morgan fingerprint density at radius 3 is 2.44 bits per heavy atom. The fourth-order valence-corrected chi connectivity index (χ4v) is 1.56. The van der Waals surface area contributed by atoms with Crippen molar-refractivity contribution in [1.29, 1.82) is 0 Å². The smallest absolute Gasteiger partial charge is 0.188 e. The summed E-state index contributed by atoms with van der Waals surface area (Å²) < 4.78 is 5.27. The van der Waals surface area contributed by atoms with E-state index in [0.717, 1.165) is 11.3 Å². The van der Waals surface area contributed by atoms with Gasteiger partial charge in [-0.2, -0.15) is 0 Å². The summed E-state index contributed by atoms with van der Waals surface area (Å²) >= 11 is 0. The molecule has 0 amide bonds. The fraction of sp³-hybridized carbons (Fsp3) is 0.462. The third-order valence-electron chi connectivity index (χ3n) is 2.47. The molecule has 1 N–H and O–H groups in total. The number of hydrogen-bond acceptors (Lipinski definition) is 3. The first-order chi connectivity index (χ1) is 7.40. The van der Waals surface area contributed by atoms with Gasteiger partial charge in [0.2, 0.25) is 0 Å². The lowest BCUT2D eigenvalue weighted by Gasteiger charge is -2.22. The van der Waals surface area contributed by atoms with Crippen molar-refractivity contribution in [3.05, 3.63) is 29.3 Å². The first-order valence-electron chi connectivity index (χ1n) is 5.22. The van der Waals surface area contributed by atoms with Crippen molar-refractivity contribution in [2.45, 2.75) is 26.2 Å². The molecule has 0 saturated heterocycles. The van der Waals surface area contributed by atoms with Crippen LogP contribution in [-0.4, -0.2) is 24.6 Å². The molecular formula is C13H18O3. The van der Waals surface area contributed by atoms with Crippen LogP contribution in [0.2, 0.25) is 0 Å². The van der Waals surface area contributed by atoms with Crippen LogP contribution in [0.15, 0.2) is 18.2 Å².